The van der Waals surface area contributed by atoms with Crippen LogP contribution in [0.3, 0.4) is 0 Å². The van der Waals surface area contributed by atoms with E-state index in [1.165, 1.54) is 18.5 Å². The third-order valence-corrected chi connectivity index (χ3v) is 5.65. The number of H-pyrrole nitrogens is 1. The van der Waals surface area contributed by atoms with Gasteiger partial charge in [-0.2, -0.15) is 5.10 Å². The largest absolute Gasteiger partial charge is 0.402 e. The maximum Gasteiger partial charge on any atom is 0.0655 e. The van der Waals surface area contributed by atoms with Crippen LogP contribution in [-0.4, -0.2) is 15.9 Å². The van der Waals surface area contributed by atoms with E-state index in [0.29, 0.717) is 23.5 Å². The number of aromatic nitrogens is 2. The van der Waals surface area contributed by atoms with Gasteiger partial charge < -0.3 is 11.1 Å². The van der Waals surface area contributed by atoms with Crippen molar-refractivity contribution in [1.82, 2.24) is 10.2 Å². The van der Waals surface area contributed by atoms with Gasteiger partial charge in [-0.05, 0) is 63.0 Å². The van der Waals surface area contributed by atoms with Crippen LogP contribution in [0.1, 0.15) is 63.3 Å². The first kappa shape index (κ1) is 15.3. The van der Waals surface area contributed by atoms with Crippen LogP contribution in [0, 0.1) is 29.6 Å². The minimum Gasteiger partial charge on any atom is -0.402 e. The lowest BCUT2D eigenvalue weighted by molar-refractivity contribution is 0.448. The van der Waals surface area contributed by atoms with Crippen LogP contribution in [-0.2, 0) is 0 Å². The van der Waals surface area contributed by atoms with Crippen LogP contribution in [0.4, 0.5) is 0 Å². The van der Waals surface area contributed by atoms with Crippen molar-refractivity contribution in [3.05, 3.63) is 29.2 Å². The molecule has 2 saturated carbocycles. The molecule has 2 unspecified atom stereocenters. The lowest BCUT2D eigenvalue weighted by Crippen LogP contribution is -2.26. The summed E-state index contributed by atoms with van der Waals surface area (Å²) in [6, 6.07) is 2.14. The molecule has 2 fully saturated rings. The van der Waals surface area contributed by atoms with Gasteiger partial charge in [-0.1, -0.05) is 13.8 Å². The van der Waals surface area contributed by atoms with Crippen LogP contribution >= 0.6 is 0 Å². The van der Waals surface area contributed by atoms with E-state index in [2.05, 4.69) is 30.1 Å². The summed E-state index contributed by atoms with van der Waals surface area (Å²) in [6.45, 7) is 6.40. The molecule has 0 spiro atoms. The number of aryl methyl sites for hydroxylation is 1. The fourth-order valence-electron chi connectivity index (χ4n) is 3.70. The third-order valence-electron chi connectivity index (χ3n) is 5.65. The van der Waals surface area contributed by atoms with Gasteiger partial charge in [0.25, 0.3) is 0 Å². The highest BCUT2D eigenvalue weighted by molar-refractivity contribution is 5.97. The third kappa shape index (κ3) is 2.96. The molecule has 0 bridgehead atoms. The van der Waals surface area contributed by atoms with Crippen molar-refractivity contribution in [2.45, 2.75) is 58.8 Å². The van der Waals surface area contributed by atoms with Crippen LogP contribution in [0.15, 0.2) is 17.8 Å². The number of hydrogen-bond acceptors (Lipinski definition) is 3. The minimum absolute atomic E-state index is 0.0259. The maximum absolute atomic E-state index is 8.40. The number of rotatable bonds is 5. The average Bonchev–Trinajstić information content (AvgIpc) is 3.06. The number of hydrogen-bond donors (Lipinski definition) is 3. The molecule has 1 heterocycles. The minimum atomic E-state index is -0.0259. The molecule has 2 aliphatic rings. The summed E-state index contributed by atoms with van der Waals surface area (Å²) < 4.78 is 0. The molecule has 2 aliphatic carbocycles. The van der Waals surface area contributed by atoms with E-state index in [4.69, 9.17) is 11.1 Å². The second-order valence-corrected chi connectivity index (χ2v) is 7.74. The molecule has 0 saturated heterocycles. The molecule has 120 valence electrons. The molecule has 4 N–H and O–H groups in total. The predicted octanol–water partition coefficient (Wildman–Crippen LogP) is 3.90. The summed E-state index contributed by atoms with van der Waals surface area (Å²) in [5.41, 5.74) is 10.2. The first-order valence-electron chi connectivity index (χ1n) is 8.46. The summed E-state index contributed by atoms with van der Waals surface area (Å²) in [4.78, 5) is 0. The quantitative estimate of drug-likeness (QED) is 0.721. The van der Waals surface area contributed by atoms with Gasteiger partial charge in [-0.3, -0.25) is 5.10 Å². The molecule has 4 heteroatoms. The summed E-state index contributed by atoms with van der Waals surface area (Å²) in [7, 11) is 0. The maximum atomic E-state index is 8.40. The van der Waals surface area contributed by atoms with E-state index in [1.807, 2.05) is 13.0 Å². The van der Waals surface area contributed by atoms with Gasteiger partial charge in [0.15, 0.2) is 0 Å². The average molecular weight is 300 g/mol. The Kier molecular flexibility index (Phi) is 3.87. The van der Waals surface area contributed by atoms with Crippen LogP contribution in [0.5, 0.6) is 0 Å². The Hall–Kier alpha value is -1.58. The van der Waals surface area contributed by atoms with Crippen molar-refractivity contribution in [2.75, 3.05) is 0 Å². The van der Waals surface area contributed by atoms with Crippen LogP contribution in [0.25, 0.3) is 0 Å². The molecular formula is C18H28N4. The Morgan fingerprint density at radius 1 is 1.36 bits per heavy atom. The van der Waals surface area contributed by atoms with E-state index in [0.717, 1.165) is 30.7 Å². The molecule has 1 aromatic heterocycles. The van der Waals surface area contributed by atoms with Crippen molar-refractivity contribution in [1.29, 1.82) is 5.41 Å². The van der Waals surface area contributed by atoms with E-state index in [9.17, 15) is 0 Å². The smallest absolute Gasteiger partial charge is 0.0655 e. The van der Waals surface area contributed by atoms with Crippen molar-refractivity contribution >= 4 is 5.71 Å². The van der Waals surface area contributed by atoms with Crippen molar-refractivity contribution < 1.29 is 0 Å². The Balaban J connectivity index is 1.64. The van der Waals surface area contributed by atoms with Gasteiger partial charge in [0.2, 0.25) is 0 Å². The zero-order chi connectivity index (χ0) is 15.9. The summed E-state index contributed by atoms with van der Waals surface area (Å²) in [5, 5.41) is 15.8. The Morgan fingerprint density at radius 3 is 2.68 bits per heavy atom. The Morgan fingerprint density at radius 2 is 2.09 bits per heavy atom. The lowest BCUT2D eigenvalue weighted by Gasteiger charge is -2.24. The van der Waals surface area contributed by atoms with Crippen molar-refractivity contribution in [3.63, 3.8) is 0 Å². The number of allylic oxidation sites excluding steroid dienone is 2. The van der Waals surface area contributed by atoms with Gasteiger partial charge in [-0.25, -0.2) is 0 Å². The molecule has 4 nitrogen and oxygen atoms in total. The monoisotopic (exact) mass is 300 g/mol. The predicted molar refractivity (Wildman–Crippen MR) is 89.9 cm³/mol. The van der Waals surface area contributed by atoms with E-state index < -0.39 is 0 Å². The highest BCUT2D eigenvalue weighted by Gasteiger charge is 2.40. The lowest BCUT2D eigenvalue weighted by atomic mass is 9.81. The van der Waals surface area contributed by atoms with E-state index >= 15 is 0 Å². The molecule has 1 aromatic rings. The number of nitrogens with two attached hydrogens (primary N) is 1. The zero-order valence-corrected chi connectivity index (χ0v) is 13.9. The van der Waals surface area contributed by atoms with E-state index in [-0.39, 0.29) is 5.41 Å². The molecule has 0 aliphatic heterocycles. The van der Waals surface area contributed by atoms with Gasteiger partial charge >= 0.3 is 0 Å². The molecular weight excluding hydrogens is 272 g/mol. The standard InChI is InChI=1S/C18H28N4/c1-11-8-16(22-21-11)13-5-4-12(9-13)15(19)10-17(20)18(2,3)14-6-7-14/h8,10,12-14,20H,4-7,9,19H2,1-3H3,(H,21,22)/b15-10-,20-17?. The first-order chi connectivity index (χ1) is 10.4. The molecule has 0 radical (unpaired) electrons. The highest BCUT2D eigenvalue weighted by atomic mass is 15.1. The van der Waals surface area contributed by atoms with Gasteiger partial charge in [0, 0.05) is 28.4 Å². The normalized spacial score (nSPS) is 26.4. The molecule has 3 rings (SSSR count). The number of nitrogens with zero attached hydrogens (tertiary/aromatic N) is 1. The summed E-state index contributed by atoms with van der Waals surface area (Å²) in [6.07, 6.45) is 7.77. The Labute approximate surface area is 133 Å². The highest BCUT2D eigenvalue weighted by Crippen LogP contribution is 2.46. The van der Waals surface area contributed by atoms with Gasteiger partial charge in [0.05, 0.1) is 5.69 Å². The molecule has 0 aromatic carbocycles. The molecule has 2 atom stereocenters. The van der Waals surface area contributed by atoms with Crippen molar-refractivity contribution in [3.8, 4) is 0 Å². The van der Waals surface area contributed by atoms with Gasteiger partial charge in [0.1, 0.15) is 0 Å². The fourth-order valence-corrected chi connectivity index (χ4v) is 3.70. The molecule has 22 heavy (non-hydrogen) atoms. The number of nitrogens with one attached hydrogen (secondary N) is 2. The Bertz CT molecular complexity index is 592. The SMILES string of the molecule is Cc1cc(C2CCC(/C(N)=C/C(=N)C(C)(C)C3CC3)C2)n[nH]1. The summed E-state index contributed by atoms with van der Waals surface area (Å²) in [5.74, 6) is 1.58. The van der Waals surface area contributed by atoms with E-state index in [1.54, 1.807) is 0 Å². The van der Waals surface area contributed by atoms with Crippen molar-refractivity contribution in [2.24, 2.45) is 23.0 Å². The fraction of sp³-hybridized carbons (Fsp3) is 0.667. The first-order valence-corrected chi connectivity index (χ1v) is 8.46. The zero-order valence-electron chi connectivity index (χ0n) is 13.9. The second-order valence-electron chi connectivity index (χ2n) is 7.74. The summed E-state index contributed by atoms with van der Waals surface area (Å²) >= 11 is 0. The number of aromatic amines is 1. The van der Waals surface area contributed by atoms with Crippen LogP contribution in [0.2, 0.25) is 0 Å². The molecule has 0 amide bonds. The topological polar surface area (TPSA) is 78.6 Å². The van der Waals surface area contributed by atoms with Crippen LogP contribution < -0.4 is 5.73 Å². The van der Waals surface area contributed by atoms with Gasteiger partial charge in [-0.15, -0.1) is 0 Å². The second kappa shape index (κ2) is 5.56.